The van der Waals surface area contributed by atoms with Crippen LogP contribution in [0.4, 0.5) is 0 Å². The summed E-state index contributed by atoms with van der Waals surface area (Å²) < 4.78 is 10.9. The van der Waals surface area contributed by atoms with Crippen molar-refractivity contribution in [1.82, 2.24) is 0 Å². The van der Waals surface area contributed by atoms with Crippen LogP contribution in [0, 0.1) is 11.3 Å². The van der Waals surface area contributed by atoms with E-state index in [1.807, 2.05) is 12.1 Å². The quantitative estimate of drug-likeness (QED) is 0.330. The minimum Gasteiger partial charge on any atom is -0.496 e. The van der Waals surface area contributed by atoms with Crippen LogP contribution in [0.15, 0.2) is 60.0 Å². The predicted octanol–water partition coefficient (Wildman–Crippen LogP) is 4.04. The predicted molar refractivity (Wildman–Crippen MR) is 84.3 cm³/mol. The van der Waals surface area contributed by atoms with Crippen molar-refractivity contribution < 1.29 is 9.47 Å². The molecule has 0 unspecified atom stereocenters. The molecule has 0 spiro atoms. The molecule has 0 aromatic heterocycles. The van der Waals surface area contributed by atoms with Gasteiger partial charge in [-0.1, -0.05) is 24.2 Å². The van der Waals surface area contributed by atoms with Crippen molar-refractivity contribution >= 4 is 17.8 Å². The van der Waals surface area contributed by atoms with E-state index < -0.39 is 0 Å². The first-order valence-corrected chi connectivity index (χ1v) is 6.44. The van der Waals surface area contributed by atoms with Crippen LogP contribution in [-0.4, -0.2) is 13.3 Å². The summed E-state index contributed by atoms with van der Waals surface area (Å²) in [5, 5.41) is 9.17. The van der Waals surface area contributed by atoms with Gasteiger partial charge in [0.15, 0.2) is 0 Å². The standard InChI is InChI=1S/C16H15ClN2O2/c1-3-19-10-8-15(5-4-9-18)21-12-13-6-7-14(17)11-16(13)20-2/h3-8,10-11H,1,12H2,2H3/b5-4+,15-8+,19-10?. The zero-order chi connectivity index (χ0) is 15.5. The van der Waals surface area contributed by atoms with Crippen LogP contribution in [0.5, 0.6) is 5.75 Å². The largest absolute Gasteiger partial charge is 0.496 e. The second-order valence-corrected chi connectivity index (χ2v) is 4.19. The molecule has 0 atom stereocenters. The fourth-order valence-electron chi connectivity index (χ4n) is 1.45. The van der Waals surface area contributed by atoms with Crippen molar-refractivity contribution in [3.05, 3.63) is 65.6 Å². The minimum atomic E-state index is 0.282. The maximum Gasteiger partial charge on any atom is 0.126 e. The van der Waals surface area contributed by atoms with Gasteiger partial charge in [-0.05, 0) is 24.3 Å². The van der Waals surface area contributed by atoms with Gasteiger partial charge in [0, 0.05) is 29.1 Å². The Hall–Kier alpha value is -2.51. The third-order valence-electron chi connectivity index (χ3n) is 2.40. The molecule has 0 amide bonds. The number of rotatable bonds is 7. The normalized spacial score (nSPS) is 11.6. The van der Waals surface area contributed by atoms with E-state index >= 15 is 0 Å². The molecule has 4 nitrogen and oxygen atoms in total. The van der Waals surface area contributed by atoms with Gasteiger partial charge in [0.1, 0.15) is 18.1 Å². The van der Waals surface area contributed by atoms with E-state index in [9.17, 15) is 0 Å². The molecule has 0 aliphatic heterocycles. The molecule has 0 saturated heterocycles. The lowest BCUT2D eigenvalue weighted by Gasteiger charge is -2.10. The Labute approximate surface area is 129 Å². The smallest absolute Gasteiger partial charge is 0.126 e. The van der Waals surface area contributed by atoms with Gasteiger partial charge in [0.2, 0.25) is 0 Å². The highest BCUT2D eigenvalue weighted by Gasteiger charge is 2.05. The van der Waals surface area contributed by atoms with Crippen molar-refractivity contribution in [2.75, 3.05) is 7.11 Å². The number of aliphatic imine (C=N–C) groups is 1. The Bertz CT molecular complexity index is 613. The average Bonchev–Trinajstić information content (AvgIpc) is 2.50. The monoisotopic (exact) mass is 302 g/mol. The molecule has 0 N–H and O–H groups in total. The van der Waals surface area contributed by atoms with Crippen LogP contribution in [-0.2, 0) is 11.3 Å². The Morgan fingerprint density at radius 1 is 1.52 bits per heavy atom. The number of hydrogen-bond acceptors (Lipinski definition) is 4. The van der Waals surface area contributed by atoms with Gasteiger partial charge in [0.25, 0.3) is 0 Å². The number of allylic oxidation sites excluding steroid dienone is 3. The zero-order valence-electron chi connectivity index (χ0n) is 11.6. The molecule has 0 aliphatic rings. The lowest BCUT2D eigenvalue weighted by molar-refractivity contribution is 0.207. The van der Waals surface area contributed by atoms with Crippen LogP contribution in [0.2, 0.25) is 5.02 Å². The maximum atomic E-state index is 8.58. The van der Waals surface area contributed by atoms with E-state index in [0.29, 0.717) is 16.5 Å². The molecule has 0 saturated carbocycles. The average molecular weight is 303 g/mol. The van der Waals surface area contributed by atoms with Crippen molar-refractivity contribution in [1.29, 1.82) is 5.26 Å². The molecule has 1 aromatic carbocycles. The maximum absolute atomic E-state index is 8.58. The van der Waals surface area contributed by atoms with Gasteiger partial charge in [-0.15, -0.1) is 0 Å². The third kappa shape index (κ3) is 5.98. The van der Waals surface area contributed by atoms with Crippen LogP contribution in [0.25, 0.3) is 0 Å². The Morgan fingerprint density at radius 3 is 3.00 bits per heavy atom. The number of nitrogens with zero attached hydrogens (tertiary/aromatic N) is 2. The van der Waals surface area contributed by atoms with Crippen LogP contribution >= 0.6 is 11.6 Å². The first-order valence-electron chi connectivity index (χ1n) is 6.07. The molecule has 0 aliphatic carbocycles. The molecule has 21 heavy (non-hydrogen) atoms. The molecular weight excluding hydrogens is 288 g/mol. The van der Waals surface area contributed by atoms with Crippen molar-refractivity contribution in [2.24, 2.45) is 4.99 Å². The number of methoxy groups -OCH3 is 1. The van der Waals surface area contributed by atoms with Crippen LogP contribution in [0.3, 0.4) is 0 Å². The lowest BCUT2D eigenvalue weighted by atomic mass is 10.2. The summed E-state index contributed by atoms with van der Waals surface area (Å²) in [5.74, 6) is 1.14. The lowest BCUT2D eigenvalue weighted by Crippen LogP contribution is -1.96. The second kappa shape index (κ2) is 9.40. The SMILES string of the molecule is C=CN=C/C=C(\C=C\C#N)OCc1ccc(Cl)cc1OC. The van der Waals surface area contributed by atoms with E-state index in [4.69, 9.17) is 26.3 Å². The van der Waals surface area contributed by atoms with Gasteiger partial charge in [0.05, 0.1) is 13.2 Å². The summed E-state index contributed by atoms with van der Waals surface area (Å²) in [6.45, 7) is 3.76. The highest BCUT2D eigenvalue weighted by Crippen LogP contribution is 2.24. The highest BCUT2D eigenvalue weighted by atomic mass is 35.5. The molecule has 0 fully saturated rings. The van der Waals surface area contributed by atoms with E-state index in [-0.39, 0.29) is 6.61 Å². The van der Waals surface area contributed by atoms with Gasteiger partial charge < -0.3 is 9.47 Å². The van der Waals surface area contributed by atoms with Crippen molar-refractivity contribution in [2.45, 2.75) is 6.61 Å². The Kier molecular flexibility index (Phi) is 7.41. The first kappa shape index (κ1) is 16.5. The summed E-state index contributed by atoms with van der Waals surface area (Å²) in [6, 6.07) is 7.21. The fourth-order valence-corrected chi connectivity index (χ4v) is 1.61. The van der Waals surface area contributed by atoms with Crippen LogP contribution in [0.1, 0.15) is 5.56 Å². The van der Waals surface area contributed by atoms with Gasteiger partial charge in [-0.25, -0.2) is 0 Å². The second-order valence-electron chi connectivity index (χ2n) is 3.76. The minimum absolute atomic E-state index is 0.282. The number of nitriles is 1. The van der Waals surface area contributed by atoms with Crippen LogP contribution < -0.4 is 4.74 Å². The summed E-state index contributed by atoms with van der Waals surface area (Å²) in [6.07, 6.45) is 7.45. The van der Waals surface area contributed by atoms with Gasteiger partial charge in [-0.2, -0.15) is 5.26 Å². The summed E-state index contributed by atoms with van der Waals surface area (Å²) in [5.41, 5.74) is 0.846. The summed E-state index contributed by atoms with van der Waals surface area (Å²) in [4.78, 5) is 3.84. The number of ether oxygens (including phenoxy) is 2. The van der Waals surface area contributed by atoms with Crippen molar-refractivity contribution in [3.8, 4) is 11.8 Å². The number of hydrogen-bond donors (Lipinski definition) is 0. The Morgan fingerprint density at radius 2 is 2.33 bits per heavy atom. The number of halogens is 1. The highest BCUT2D eigenvalue weighted by molar-refractivity contribution is 6.30. The third-order valence-corrected chi connectivity index (χ3v) is 2.63. The fraction of sp³-hybridized carbons (Fsp3) is 0.125. The molecular formula is C16H15ClN2O2. The van der Waals surface area contributed by atoms with Gasteiger partial charge in [-0.3, -0.25) is 4.99 Å². The van der Waals surface area contributed by atoms with E-state index in [1.54, 1.807) is 31.4 Å². The zero-order valence-corrected chi connectivity index (χ0v) is 12.4. The molecule has 5 heteroatoms. The van der Waals surface area contributed by atoms with Crippen molar-refractivity contribution in [3.63, 3.8) is 0 Å². The van der Waals surface area contributed by atoms with Gasteiger partial charge >= 0.3 is 0 Å². The van der Waals surface area contributed by atoms with E-state index in [2.05, 4.69) is 11.6 Å². The molecule has 0 bridgehead atoms. The topological polar surface area (TPSA) is 54.6 Å². The molecule has 1 rings (SSSR count). The Balaban J connectivity index is 2.84. The number of benzene rings is 1. The van der Waals surface area contributed by atoms with E-state index in [1.165, 1.54) is 18.5 Å². The van der Waals surface area contributed by atoms with E-state index in [0.717, 1.165) is 5.56 Å². The molecule has 1 aromatic rings. The summed E-state index contributed by atoms with van der Waals surface area (Å²) >= 11 is 5.91. The molecule has 0 radical (unpaired) electrons. The molecule has 0 heterocycles. The summed E-state index contributed by atoms with van der Waals surface area (Å²) in [7, 11) is 1.57. The first-order chi connectivity index (χ1) is 10.2. The molecule has 108 valence electrons.